The summed E-state index contributed by atoms with van der Waals surface area (Å²) in [5.74, 6) is 1.73. The van der Waals surface area contributed by atoms with Crippen molar-refractivity contribution in [3.63, 3.8) is 0 Å². The fourth-order valence-electron chi connectivity index (χ4n) is 3.38. The minimum absolute atomic E-state index is 0.00399. The third-order valence-electron chi connectivity index (χ3n) is 4.69. The summed E-state index contributed by atoms with van der Waals surface area (Å²) in [6.45, 7) is 1.95. The van der Waals surface area contributed by atoms with Crippen LogP contribution >= 0.6 is 0 Å². The van der Waals surface area contributed by atoms with Gasteiger partial charge in [0.05, 0.1) is 0 Å². The summed E-state index contributed by atoms with van der Waals surface area (Å²) in [5, 5.41) is 2.92. The molecule has 2 saturated heterocycles. The van der Waals surface area contributed by atoms with Crippen LogP contribution in [0.1, 0.15) is 39.0 Å². The molecule has 3 fully saturated rings. The van der Waals surface area contributed by atoms with Gasteiger partial charge in [0.15, 0.2) is 0 Å². The largest absolute Gasteiger partial charge is 0.342 e. The Morgan fingerprint density at radius 2 is 1.85 bits per heavy atom. The predicted octanol–water partition coefficient (Wildman–Crippen LogP) is 0.413. The van der Waals surface area contributed by atoms with Crippen molar-refractivity contribution in [2.75, 3.05) is 11.5 Å². The van der Waals surface area contributed by atoms with Crippen molar-refractivity contribution in [3.8, 4) is 0 Å². The first-order chi connectivity index (χ1) is 9.61. The molecule has 1 aliphatic carbocycles. The van der Waals surface area contributed by atoms with E-state index in [1.54, 1.807) is 0 Å². The molecule has 0 aromatic carbocycles. The monoisotopic (exact) mass is 298 g/mol. The molecule has 0 aromatic rings. The molecule has 2 aliphatic heterocycles. The van der Waals surface area contributed by atoms with Crippen LogP contribution in [0.5, 0.6) is 0 Å². The van der Waals surface area contributed by atoms with Gasteiger partial charge in [-0.25, -0.2) is 0 Å². The summed E-state index contributed by atoms with van der Waals surface area (Å²) >= 11 is 0. The fourth-order valence-corrected chi connectivity index (χ4v) is 4.65. The lowest BCUT2D eigenvalue weighted by molar-refractivity contribution is -0.153. The summed E-state index contributed by atoms with van der Waals surface area (Å²) in [4.78, 5) is 26.8. The van der Waals surface area contributed by atoms with Crippen LogP contribution in [-0.4, -0.2) is 50.6 Å². The van der Waals surface area contributed by atoms with E-state index in [0.29, 0.717) is 23.8 Å². The Kier molecular flexibility index (Phi) is 3.84. The lowest BCUT2D eigenvalue weighted by Crippen LogP contribution is -2.66. The molecular weight excluding hydrogens is 276 g/mol. The van der Waals surface area contributed by atoms with Gasteiger partial charge in [0, 0.05) is 28.3 Å². The predicted molar refractivity (Wildman–Crippen MR) is 76.5 cm³/mol. The van der Waals surface area contributed by atoms with Gasteiger partial charge in [0.2, 0.25) is 11.8 Å². The number of amides is 2. The minimum atomic E-state index is -0.742. The van der Waals surface area contributed by atoms with E-state index in [9.17, 15) is 13.8 Å². The number of hydrogen-bond donors (Lipinski definition) is 1. The molecule has 2 unspecified atom stereocenters. The van der Waals surface area contributed by atoms with E-state index in [-0.39, 0.29) is 29.9 Å². The number of hydrogen-bond acceptors (Lipinski definition) is 3. The third kappa shape index (κ3) is 2.50. The van der Waals surface area contributed by atoms with Gasteiger partial charge in [0.25, 0.3) is 0 Å². The van der Waals surface area contributed by atoms with Gasteiger partial charge < -0.3 is 10.2 Å². The zero-order valence-electron chi connectivity index (χ0n) is 11.8. The van der Waals surface area contributed by atoms with Crippen LogP contribution in [0.3, 0.4) is 0 Å². The first-order valence-electron chi connectivity index (χ1n) is 7.59. The maximum absolute atomic E-state index is 12.7. The highest BCUT2D eigenvalue weighted by Gasteiger charge is 2.48. The summed E-state index contributed by atoms with van der Waals surface area (Å²) in [5.41, 5.74) is 0. The molecule has 5 nitrogen and oxygen atoms in total. The maximum atomic E-state index is 12.7. The number of carbonyl (C=O) groups excluding carboxylic acids is 2. The number of nitrogens with zero attached hydrogens (tertiary/aromatic N) is 1. The van der Waals surface area contributed by atoms with E-state index >= 15 is 0 Å². The normalized spacial score (nSPS) is 38.8. The van der Waals surface area contributed by atoms with Gasteiger partial charge in [-0.3, -0.25) is 13.8 Å². The van der Waals surface area contributed by atoms with E-state index in [4.69, 9.17) is 0 Å². The lowest BCUT2D eigenvalue weighted by Gasteiger charge is -2.44. The average molecular weight is 298 g/mol. The van der Waals surface area contributed by atoms with E-state index < -0.39 is 10.8 Å². The molecular formula is C14H22N2O3S. The topological polar surface area (TPSA) is 66.5 Å². The molecule has 2 atom stereocenters. The average Bonchev–Trinajstić information content (AvgIpc) is 3.26. The van der Waals surface area contributed by atoms with Gasteiger partial charge in [-0.15, -0.1) is 0 Å². The van der Waals surface area contributed by atoms with Gasteiger partial charge in [-0.05, 0) is 38.0 Å². The highest BCUT2D eigenvalue weighted by molar-refractivity contribution is 7.85. The van der Waals surface area contributed by atoms with Crippen LogP contribution in [0.4, 0.5) is 0 Å². The number of rotatable bonds is 3. The summed E-state index contributed by atoms with van der Waals surface area (Å²) in [7, 11) is -0.742. The van der Waals surface area contributed by atoms with E-state index in [1.807, 2.05) is 11.8 Å². The zero-order valence-corrected chi connectivity index (χ0v) is 12.7. The van der Waals surface area contributed by atoms with Crippen molar-refractivity contribution in [2.45, 2.75) is 57.2 Å². The Balaban J connectivity index is 1.81. The SMILES string of the molecule is CCC1C(=O)NC(C2CC2)C(=O)N1C1CCS(=O)CC1. The van der Waals surface area contributed by atoms with E-state index in [2.05, 4.69) is 5.32 Å². The van der Waals surface area contributed by atoms with Crippen molar-refractivity contribution in [2.24, 2.45) is 5.92 Å². The number of piperazine rings is 1. The van der Waals surface area contributed by atoms with Crippen molar-refractivity contribution in [3.05, 3.63) is 0 Å². The molecule has 1 N–H and O–H groups in total. The Labute approximate surface area is 121 Å². The van der Waals surface area contributed by atoms with Crippen LogP contribution in [0.2, 0.25) is 0 Å². The maximum Gasteiger partial charge on any atom is 0.246 e. The molecule has 1 saturated carbocycles. The molecule has 0 radical (unpaired) electrons. The Bertz CT molecular complexity index is 440. The molecule has 2 heterocycles. The van der Waals surface area contributed by atoms with Gasteiger partial charge >= 0.3 is 0 Å². The standard InChI is InChI=1S/C14H22N2O3S/c1-2-11-13(17)15-12(9-3-4-9)14(18)16(11)10-5-7-20(19)8-6-10/h9-12H,2-8H2,1H3,(H,15,17). The summed E-state index contributed by atoms with van der Waals surface area (Å²) < 4.78 is 11.5. The van der Waals surface area contributed by atoms with Gasteiger partial charge in [0.1, 0.15) is 12.1 Å². The number of nitrogens with one attached hydrogen (secondary N) is 1. The highest BCUT2D eigenvalue weighted by atomic mass is 32.2. The Morgan fingerprint density at radius 1 is 1.20 bits per heavy atom. The van der Waals surface area contributed by atoms with Crippen molar-refractivity contribution < 1.29 is 13.8 Å². The van der Waals surface area contributed by atoms with Gasteiger partial charge in [-0.1, -0.05) is 6.92 Å². The van der Waals surface area contributed by atoms with E-state index in [1.165, 1.54) is 0 Å². The first kappa shape index (κ1) is 14.0. The first-order valence-corrected chi connectivity index (χ1v) is 9.08. The highest BCUT2D eigenvalue weighted by Crippen LogP contribution is 2.36. The molecule has 6 heteroatoms. The van der Waals surface area contributed by atoms with Crippen molar-refractivity contribution >= 4 is 22.6 Å². The zero-order chi connectivity index (χ0) is 14.3. The molecule has 0 aromatic heterocycles. The second kappa shape index (κ2) is 5.47. The molecule has 20 heavy (non-hydrogen) atoms. The Hall–Kier alpha value is -0.910. The van der Waals surface area contributed by atoms with Crippen molar-refractivity contribution in [1.29, 1.82) is 0 Å². The molecule has 112 valence electrons. The van der Waals surface area contributed by atoms with E-state index in [0.717, 1.165) is 25.7 Å². The van der Waals surface area contributed by atoms with Crippen LogP contribution in [0.15, 0.2) is 0 Å². The Morgan fingerprint density at radius 3 is 2.40 bits per heavy atom. The second-order valence-electron chi connectivity index (χ2n) is 6.07. The molecule has 3 aliphatic rings. The quantitative estimate of drug-likeness (QED) is 0.821. The molecule has 0 bridgehead atoms. The fraction of sp³-hybridized carbons (Fsp3) is 0.857. The molecule has 3 rings (SSSR count). The van der Waals surface area contributed by atoms with Gasteiger partial charge in [-0.2, -0.15) is 0 Å². The van der Waals surface area contributed by atoms with Crippen LogP contribution in [-0.2, 0) is 20.4 Å². The summed E-state index contributed by atoms with van der Waals surface area (Å²) in [6, 6.07) is -0.552. The number of carbonyl (C=O) groups is 2. The van der Waals surface area contributed by atoms with Crippen LogP contribution in [0.25, 0.3) is 0 Å². The van der Waals surface area contributed by atoms with Crippen LogP contribution < -0.4 is 5.32 Å². The smallest absolute Gasteiger partial charge is 0.246 e. The van der Waals surface area contributed by atoms with Crippen molar-refractivity contribution in [1.82, 2.24) is 10.2 Å². The second-order valence-corrected chi connectivity index (χ2v) is 7.77. The third-order valence-corrected chi connectivity index (χ3v) is 6.07. The molecule has 2 amide bonds. The summed E-state index contributed by atoms with van der Waals surface area (Å²) in [6.07, 6.45) is 4.25. The minimum Gasteiger partial charge on any atom is -0.342 e. The van der Waals surface area contributed by atoms with Crippen LogP contribution in [0, 0.1) is 5.92 Å². The lowest BCUT2D eigenvalue weighted by atomic mass is 9.97. The molecule has 0 spiro atoms.